The molecule has 0 unspecified atom stereocenters. The second kappa shape index (κ2) is 10.4. The van der Waals surface area contributed by atoms with Crippen LogP contribution in [0.5, 0.6) is 0 Å². The SMILES string of the molecule is CCN(CC)S(=O)(=O)c1ccc(CNC(=O)COC(=O)[C@H]2CC=CCC2)cc1. The molecule has 1 aromatic carbocycles. The fourth-order valence-electron chi connectivity index (χ4n) is 3.01. The minimum absolute atomic E-state index is 0.168. The van der Waals surface area contributed by atoms with Crippen molar-refractivity contribution in [3.05, 3.63) is 42.0 Å². The van der Waals surface area contributed by atoms with Crippen LogP contribution in [-0.4, -0.2) is 44.3 Å². The second-order valence-electron chi connectivity index (χ2n) is 6.60. The number of rotatable bonds is 9. The molecule has 1 atom stereocenters. The summed E-state index contributed by atoms with van der Waals surface area (Å²) in [5.74, 6) is -0.900. The molecule has 0 saturated heterocycles. The van der Waals surface area contributed by atoms with Crippen LogP contribution in [0.4, 0.5) is 0 Å². The standard InChI is InChI=1S/C20H28N2O5S/c1-3-22(4-2)28(25,26)18-12-10-16(11-13-18)14-21-19(23)15-27-20(24)17-8-6-5-7-9-17/h5-6,10-13,17H,3-4,7-9,14-15H2,1-2H3,(H,21,23)/t17-/m0/s1. The zero-order chi connectivity index (χ0) is 20.6. The van der Waals surface area contributed by atoms with E-state index < -0.39 is 10.0 Å². The number of hydrogen-bond donors (Lipinski definition) is 1. The average molecular weight is 409 g/mol. The van der Waals surface area contributed by atoms with E-state index in [0.717, 1.165) is 18.4 Å². The summed E-state index contributed by atoms with van der Waals surface area (Å²) in [6.45, 7) is 4.33. The largest absolute Gasteiger partial charge is 0.455 e. The van der Waals surface area contributed by atoms with E-state index in [1.165, 1.54) is 16.4 Å². The third kappa shape index (κ3) is 5.90. The number of hydrogen-bond acceptors (Lipinski definition) is 5. The molecular weight excluding hydrogens is 380 g/mol. The molecule has 1 aliphatic carbocycles. The Labute approximate surface area is 166 Å². The lowest BCUT2D eigenvalue weighted by molar-refractivity contribution is -0.152. The van der Waals surface area contributed by atoms with Gasteiger partial charge in [-0.2, -0.15) is 4.31 Å². The van der Waals surface area contributed by atoms with Gasteiger partial charge in [0.15, 0.2) is 6.61 Å². The van der Waals surface area contributed by atoms with Crippen molar-refractivity contribution < 1.29 is 22.7 Å². The fourth-order valence-corrected chi connectivity index (χ4v) is 4.46. The van der Waals surface area contributed by atoms with Gasteiger partial charge in [0.1, 0.15) is 0 Å². The van der Waals surface area contributed by atoms with Gasteiger partial charge in [-0.1, -0.05) is 38.1 Å². The summed E-state index contributed by atoms with van der Waals surface area (Å²) in [6, 6.07) is 6.39. The first-order valence-electron chi connectivity index (χ1n) is 9.55. The van der Waals surface area contributed by atoms with E-state index in [9.17, 15) is 18.0 Å². The van der Waals surface area contributed by atoms with E-state index in [-0.39, 0.29) is 35.8 Å². The molecule has 0 heterocycles. The molecule has 154 valence electrons. The van der Waals surface area contributed by atoms with E-state index in [0.29, 0.717) is 19.5 Å². The van der Waals surface area contributed by atoms with E-state index >= 15 is 0 Å². The molecule has 0 fully saturated rings. The smallest absolute Gasteiger partial charge is 0.309 e. The lowest BCUT2D eigenvalue weighted by Gasteiger charge is -2.18. The van der Waals surface area contributed by atoms with Gasteiger partial charge in [0.2, 0.25) is 10.0 Å². The van der Waals surface area contributed by atoms with Crippen LogP contribution in [-0.2, 0) is 30.9 Å². The minimum atomic E-state index is -3.49. The summed E-state index contributed by atoms with van der Waals surface area (Å²) in [5.41, 5.74) is 0.760. The van der Waals surface area contributed by atoms with Crippen molar-refractivity contribution in [2.24, 2.45) is 5.92 Å². The van der Waals surface area contributed by atoms with Crippen molar-refractivity contribution in [3.8, 4) is 0 Å². The van der Waals surface area contributed by atoms with E-state index in [2.05, 4.69) is 5.32 Å². The number of carbonyl (C=O) groups excluding carboxylic acids is 2. The van der Waals surface area contributed by atoms with Crippen molar-refractivity contribution in [3.63, 3.8) is 0 Å². The third-order valence-corrected chi connectivity index (χ3v) is 6.77. The normalized spacial score (nSPS) is 16.8. The van der Waals surface area contributed by atoms with Crippen LogP contribution in [0, 0.1) is 5.92 Å². The number of allylic oxidation sites excluding steroid dienone is 2. The first-order chi connectivity index (χ1) is 13.4. The number of carbonyl (C=O) groups is 2. The number of ether oxygens (including phenoxy) is 1. The van der Waals surface area contributed by atoms with Gasteiger partial charge in [-0.25, -0.2) is 8.42 Å². The van der Waals surface area contributed by atoms with Gasteiger partial charge in [0, 0.05) is 19.6 Å². The highest BCUT2D eigenvalue weighted by molar-refractivity contribution is 7.89. The summed E-state index contributed by atoms with van der Waals surface area (Å²) < 4.78 is 31.4. The molecule has 1 amide bonds. The Kier molecular flexibility index (Phi) is 8.19. The summed E-state index contributed by atoms with van der Waals surface area (Å²) in [6.07, 6.45) is 6.25. The Morgan fingerprint density at radius 2 is 1.82 bits per heavy atom. The van der Waals surface area contributed by atoms with Crippen LogP contribution >= 0.6 is 0 Å². The second-order valence-corrected chi connectivity index (χ2v) is 8.54. The van der Waals surface area contributed by atoms with Gasteiger partial charge in [0.05, 0.1) is 10.8 Å². The molecule has 0 spiro atoms. The summed E-state index contributed by atoms with van der Waals surface area (Å²) >= 11 is 0. The topological polar surface area (TPSA) is 92.8 Å². The highest BCUT2D eigenvalue weighted by atomic mass is 32.2. The van der Waals surface area contributed by atoms with Crippen molar-refractivity contribution in [2.75, 3.05) is 19.7 Å². The van der Waals surface area contributed by atoms with Crippen molar-refractivity contribution >= 4 is 21.9 Å². The Hall–Kier alpha value is -2.19. The third-order valence-electron chi connectivity index (χ3n) is 4.70. The molecule has 0 bridgehead atoms. The molecule has 28 heavy (non-hydrogen) atoms. The summed E-state index contributed by atoms with van der Waals surface area (Å²) in [7, 11) is -3.49. The molecule has 1 aliphatic rings. The first kappa shape index (κ1) is 22.1. The molecule has 0 aliphatic heterocycles. The molecule has 8 heteroatoms. The van der Waals surface area contributed by atoms with E-state index in [1.807, 2.05) is 12.2 Å². The van der Waals surface area contributed by atoms with Crippen LogP contribution < -0.4 is 5.32 Å². The van der Waals surface area contributed by atoms with Crippen molar-refractivity contribution in [1.82, 2.24) is 9.62 Å². The molecule has 1 aromatic rings. The number of benzene rings is 1. The molecule has 0 saturated carbocycles. The maximum Gasteiger partial charge on any atom is 0.309 e. The molecule has 2 rings (SSSR count). The minimum Gasteiger partial charge on any atom is -0.455 e. The van der Waals surface area contributed by atoms with Crippen molar-refractivity contribution in [2.45, 2.75) is 44.6 Å². The predicted octanol–water partition coefficient (Wildman–Crippen LogP) is 2.23. The van der Waals surface area contributed by atoms with Crippen LogP contribution in [0.15, 0.2) is 41.3 Å². The van der Waals surface area contributed by atoms with Gasteiger partial charge in [-0.15, -0.1) is 0 Å². The van der Waals surface area contributed by atoms with E-state index in [1.54, 1.807) is 26.0 Å². The van der Waals surface area contributed by atoms with Gasteiger partial charge in [-0.3, -0.25) is 9.59 Å². The van der Waals surface area contributed by atoms with Gasteiger partial charge < -0.3 is 10.1 Å². The number of nitrogens with zero attached hydrogens (tertiary/aromatic N) is 1. The quantitative estimate of drug-likeness (QED) is 0.500. The molecule has 7 nitrogen and oxygen atoms in total. The van der Waals surface area contributed by atoms with Gasteiger partial charge >= 0.3 is 5.97 Å². The molecule has 0 aromatic heterocycles. The molecule has 0 radical (unpaired) electrons. The van der Waals surface area contributed by atoms with Crippen LogP contribution in [0.1, 0.15) is 38.7 Å². The van der Waals surface area contributed by atoms with Crippen molar-refractivity contribution in [1.29, 1.82) is 0 Å². The Balaban J connectivity index is 1.81. The maximum absolute atomic E-state index is 12.5. The predicted molar refractivity (Wildman–Crippen MR) is 106 cm³/mol. The number of sulfonamides is 1. The van der Waals surface area contributed by atoms with Crippen LogP contribution in [0.2, 0.25) is 0 Å². The maximum atomic E-state index is 12.5. The van der Waals surface area contributed by atoms with Crippen LogP contribution in [0.25, 0.3) is 0 Å². The lowest BCUT2D eigenvalue weighted by atomic mass is 9.95. The zero-order valence-electron chi connectivity index (χ0n) is 16.4. The van der Waals surface area contributed by atoms with Crippen LogP contribution in [0.3, 0.4) is 0 Å². The summed E-state index contributed by atoms with van der Waals surface area (Å²) in [4.78, 5) is 24.0. The Morgan fingerprint density at radius 1 is 1.14 bits per heavy atom. The Bertz CT molecular complexity index is 798. The highest BCUT2D eigenvalue weighted by Gasteiger charge is 2.22. The number of esters is 1. The lowest BCUT2D eigenvalue weighted by Crippen LogP contribution is -2.31. The van der Waals surface area contributed by atoms with Gasteiger partial charge in [0.25, 0.3) is 5.91 Å². The zero-order valence-corrected chi connectivity index (χ0v) is 17.2. The summed E-state index contributed by atoms with van der Waals surface area (Å²) in [5, 5.41) is 2.67. The Morgan fingerprint density at radius 3 is 2.39 bits per heavy atom. The number of nitrogens with one attached hydrogen (secondary N) is 1. The first-order valence-corrected chi connectivity index (χ1v) is 11.0. The highest BCUT2D eigenvalue weighted by Crippen LogP contribution is 2.19. The van der Waals surface area contributed by atoms with Gasteiger partial charge in [-0.05, 0) is 37.0 Å². The average Bonchev–Trinajstić information content (AvgIpc) is 2.72. The molecular formula is C20H28N2O5S. The number of amides is 1. The fraction of sp³-hybridized carbons (Fsp3) is 0.500. The monoisotopic (exact) mass is 408 g/mol. The molecule has 1 N–H and O–H groups in total. The van der Waals surface area contributed by atoms with E-state index in [4.69, 9.17) is 4.74 Å².